The van der Waals surface area contributed by atoms with Gasteiger partial charge in [-0.3, -0.25) is 4.99 Å². The molecule has 136 valence electrons. The zero-order valence-electron chi connectivity index (χ0n) is 14.6. The highest BCUT2D eigenvalue weighted by Crippen LogP contribution is 2.40. The van der Waals surface area contributed by atoms with Gasteiger partial charge in [-0.1, -0.05) is 47.1 Å². The first-order chi connectivity index (χ1) is 11.6. The highest BCUT2D eigenvalue weighted by Gasteiger charge is 2.38. The van der Waals surface area contributed by atoms with Gasteiger partial charge in [0.05, 0.1) is 12.2 Å². The molecule has 2 unspecified atom stereocenters. The molecule has 1 fully saturated rings. The average molecular weight is 519 g/mol. The van der Waals surface area contributed by atoms with Gasteiger partial charge < -0.3 is 15.2 Å². The Morgan fingerprint density at radius 2 is 2.08 bits per heavy atom. The first-order valence-corrected chi connectivity index (χ1v) is 9.04. The molecule has 2 N–H and O–H groups in total. The van der Waals surface area contributed by atoms with Crippen LogP contribution in [0.1, 0.15) is 49.1 Å². The fourth-order valence-electron chi connectivity index (χ4n) is 2.66. The van der Waals surface area contributed by atoms with Gasteiger partial charge in [0.15, 0.2) is 11.7 Å². The number of hydrogen-bond acceptors (Lipinski definition) is 3. The maximum absolute atomic E-state index is 5.34. The van der Waals surface area contributed by atoms with Gasteiger partial charge in [0, 0.05) is 29.5 Å². The van der Waals surface area contributed by atoms with Gasteiger partial charge in [-0.05, 0) is 30.0 Å². The average Bonchev–Trinajstić information content (AvgIpc) is 3.16. The van der Waals surface area contributed by atoms with Crippen molar-refractivity contribution in [2.45, 2.75) is 44.7 Å². The molecule has 0 radical (unpaired) electrons. The smallest absolute Gasteiger partial charge is 0.191 e. The van der Waals surface area contributed by atoms with Gasteiger partial charge in [-0.25, -0.2) is 0 Å². The number of guanidine groups is 1. The van der Waals surface area contributed by atoms with Crippen LogP contribution in [-0.4, -0.2) is 24.2 Å². The zero-order valence-corrected chi connectivity index (χ0v) is 18.5. The monoisotopic (exact) mass is 518 g/mol. The quantitative estimate of drug-likeness (QED) is 0.350. The van der Waals surface area contributed by atoms with Gasteiger partial charge in [0.25, 0.3) is 0 Å². The number of aromatic nitrogens is 1. The third-order valence-corrected chi connectivity index (χ3v) is 4.76. The molecule has 5 nitrogen and oxygen atoms in total. The van der Waals surface area contributed by atoms with E-state index in [2.05, 4.69) is 74.8 Å². The normalized spacial score (nSPS) is 19.5. The van der Waals surface area contributed by atoms with E-state index >= 15 is 0 Å². The molecule has 0 saturated heterocycles. The van der Waals surface area contributed by atoms with Crippen molar-refractivity contribution in [2.24, 2.45) is 4.99 Å². The Morgan fingerprint density at radius 1 is 1.36 bits per heavy atom. The van der Waals surface area contributed by atoms with Crippen molar-refractivity contribution in [3.63, 3.8) is 0 Å². The second-order valence-corrected chi connectivity index (χ2v) is 7.36. The Labute approximate surface area is 174 Å². The predicted octanol–water partition coefficient (Wildman–Crippen LogP) is 4.40. The maximum atomic E-state index is 5.34. The van der Waals surface area contributed by atoms with E-state index < -0.39 is 0 Å². The van der Waals surface area contributed by atoms with E-state index in [1.54, 1.807) is 7.05 Å². The number of rotatable bonds is 5. The van der Waals surface area contributed by atoms with Crippen molar-refractivity contribution in [1.82, 2.24) is 15.8 Å². The van der Waals surface area contributed by atoms with Gasteiger partial charge in [-0.15, -0.1) is 24.0 Å². The van der Waals surface area contributed by atoms with Crippen molar-refractivity contribution in [3.05, 3.63) is 51.8 Å². The van der Waals surface area contributed by atoms with Crippen molar-refractivity contribution in [1.29, 1.82) is 0 Å². The number of hydrogen-bond donors (Lipinski definition) is 2. The van der Waals surface area contributed by atoms with Crippen LogP contribution in [0.15, 0.2) is 44.3 Å². The second-order valence-electron chi connectivity index (χ2n) is 6.44. The molecule has 1 heterocycles. The van der Waals surface area contributed by atoms with E-state index in [-0.39, 0.29) is 24.0 Å². The van der Waals surface area contributed by atoms with E-state index in [1.807, 2.05) is 6.07 Å². The highest BCUT2D eigenvalue weighted by molar-refractivity contribution is 14.0. The summed E-state index contributed by atoms with van der Waals surface area (Å²) in [4.78, 5) is 4.29. The summed E-state index contributed by atoms with van der Waals surface area (Å²) in [6, 6.07) is 11.0. The summed E-state index contributed by atoms with van der Waals surface area (Å²) >= 11 is 3.48. The van der Waals surface area contributed by atoms with E-state index in [0.717, 1.165) is 28.3 Å². The summed E-state index contributed by atoms with van der Waals surface area (Å²) < 4.78 is 6.46. The predicted molar refractivity (Wildman–Crippen MR) is 115 cm³/mol. The van der Waals surface area contributed by atoms with Crippen LogP contribution in [0.3, 0.4) is 0 Å². The largest absolute Gasteiger partial charge is 0.359 e. The lowest BCUT2D eigenvalue weighted by Crippen LogP contribution is -2.38. The number of benzene rings is 1. The van der Waals surface area contributed by atoms with E-state index in [9.17, 15) is 0 Å². The molecule has 0 spiro atoms. The van der Waals surface area contributed by atoms with Gasteiger partial charge in [0.1, 0.15) is 0 Å². The molecule has 25 heavy (non-hydrogen) atoms. The van der Waals surface area contributed by atoms with Crippen LogP contribution in [0.5, 0.6) is 0 Å². The highest BCUT2D eigenvalue weighted by atomic mass is 127. The summed E-state index contributed by atoms with van der Waals surface area (Å²) in [6.07, 6.45) is 1.13. The molecule has 0 aliphatic heterocycles. The molecule has 1 aromatic heterocycles. The third-order valence-electron chi connectivity index (χ3n) is 4.23. The van der Waals surface area contributed by atoms with Crippen LogP contribution in [0.25, 0.3) is 0 Å². The Bertz CT molecular complexity index is 714. The standard InChI is InChI=1S/C18H23BrN4O.HI/c1-11(2)16-8-14(24-23-16)10-21-18(20-3)22-17-9-15(17)12-4-6-13(19)7-5-12;/h4-8,11,15,17H,9-10H2,1-3H3,(H2,20,21,22);1H. The lowest BCUT2D eigenvalue weighted by atomic mass is 10.1. The fourth-order valence-corrected chi connectivity index (χ4v) is 2.92. The first-order valence-electron chi connectivity index (χ1n) is 8.25. The van der Waals surface area contributed by atoms with Gasteiger partial charge >= 0.3 is 0 Å². The molecular formula is C18H24BrIN4O. The SMILES string of the molecule is CN=C(NCc1cc(C(C)C)no1)NC1CC1c1ccc(Br)cc1.I. The Balaban J connectivity index is 0.00000225. The van der Waals surface area contributed by atoms with Crippen LogP contribution < -0.4 is 10.6 Å². The molecular weight excluding hydrogens is 495 g/mol. The molecule has 7 heteroatoms. The van der Waals surface area contributed by atoms with E-state index in [4.69, 9.17) is 4.52 Å². The van der Waals surface area contributed by atoms with Crippen LogP contribution in [0.2, 0.25) is 0 Å². The van der Waals surface area contributed by atoms with Crippen molar-refractivity contribution < 1.29 is 4.52 Å². The van der Waals surface area contributed by atoms with Crippen LogP contribution in [0, 0.1) is 0 Å². The Kier molecular flexibility index (Phi) is 7.30. The maximum Gasteiger partial charge on any atom is 0.191 e. The van der Waals surface area contributed by atoms with Gasteiger partial charge in [0.2, 0.25) is 0 Å². The number of nitrogens with one attached hydrogen (secondary N) is 2. The minimum absolute atomic E-state index is 0. The topological polar surface area (TPSA) is 62.5 Å². The summed E-state index contributed by atoms with van der Waals surface area (Å²) in [5.41, 5.74) is 2.34. The lowest BCUT2D eigenvalue weighted by molar-refractivity contribution is 0.372. The Morgan fingerprint density at radius 3 is 2.68 bits per heavy atom. The molecule has 2 aromatic rings. The van der Waals surface area contributed by atoms with Crippen molar-refractivity contribution in [3.8, 4) is 0 Å². The molecule has 3 rings (SSSR count). The fraction of sp³-hybridized carbons (Fsp3) is 0.444. The van der Waals surface area contributed by atoms with Crippen LogP contribution >= 0.6 is 39.9 Å². The molecule has 0 bridgehead atoms. The first kappa shape index (κ1) is 20.2. The summed E-state index contributed by atoms with van der Waals surface area (Å²) in [5, 5.41) is 10.8. The van der Waals surface area contributed by atoms with E-state index in [0.29, 0.717) is 24.4 Å². The molecule has 1 saturated carbocycles. The lowest BCUT2D eigenvalue weighted by Gasteiger charge is -2.10. The van der Waals surface area contributed by atoms with Crippen LogP contribution in [0.4, 0.5) is 0 Å². The molecule has 2 atom stereocenters. The van der Waals surface area contributed by atoms with Crippen molar-refractivity contribution >= 4 is 45.9 Å². The van der Waals surface area contributed by atoms with Crippen LogP contribution in [-0.2, 0) is 6.54 Å². The molecule has 1 aliphatic carbocycles. The third kappa shape index (κ3) is 5.44. The summed E-state index contributed by atoms with van der Waals surface area (Å²) in [6.45, 7) is 4.78. The summed E-state index contributed by atoms with van der Waals surface area (Å²) in [7, 11) is 1.78. The van der Waals surface area contributed by atoms with Crippen molar-refractivity contribution in [2.75, 3.05) is 7.05 Å². The second kappa shape index (κ2) is 9.02. The number of halogens is 2. The molecule has 1 aliphatic rings. The minimum atomic E-state index is 0. The Hall–Kier alpha value is -1.09. The number of aliphatic imine (C=N–C) groups is 1. The summed E-state index contributed by atoms with van der Waals surface area (Å²) in [5.74, 6) is 2.54. The number of nitrogens with zero attached hydrogens (tertiary/aromatic N) is 2. The van der Waals surface area contributed by atoms with Gasteiger partial charge in [-0.2, -0.15) is 0 Å². The zero-order chi connectivity index (χ0) is 17.1. The molecule has 0 amide bonds. The molecule has 1 aromatic carbocycles. The van der Waals surface area contributed by atoms with E-state index in [1.165, 1.54) is 5.56 Å². The minimum Gasteiger partial charge on any atom is -0.359 e.